The third-order valence-corrected chi connectivity index (χ3v) is 3.83. The molecule has 1 aromatic rings. The summed E-state index contributed by atoms with van der Waals surface area (Å²) in [6.45, 7) is 7.02. The fourth-order valence-electron chi connectivity index (χ4n) is 2.62. The maximum atomic E-state index is 6.17. The molecule has 2 heterocycles. The molecule has 0 radical (unpaired) electrons. The Kier molecular flexibility index (Phi) is 5.02. The first-order valence-corrected chi connectivity index (χ1v) is 7.34. The molecule has 4 heteroatoms. The zero-order valence-corrected chi connectivity index (χ0v) is 12.0. The molecule has 0 saturated carbocycles. The van der Waals surface area contributed by atoms with Crippen molar-refractivity contribution in [3.63, 3.8) is 0 Å². The number of hydrogen-bond donors (Lipinski definition) is 1. The first-order chi connectivity index (χ1) is 9.26. The Morgan fingerprint density at radius 1 is 1.47 bits per heavy atom. The van der Waals surface area contributed by atoms with Crippen LogP contribution in [0.5, 0.6) is 5.75 Å². The second kappa shape index (κ2) is 6.75. The molecule has 0 aliphatic carbocycles. The number of rotatable bonds is 5. The van der Waals surface area contributed by atoms with Gasteiger partial charge in [0.25, 0.3) is 0 Å². The monoisotopic (exact) mass is 263 g/mol. The van der Waals surface area contributed by atoms with Gasteiger partial charge in [0.2, 0.25) is 0 Å². The number of pyridine rings is 1. The molecule has 19 heavy (non-hydrogen) atoms. The van der Waals surface area contributed by atoms with Gasteiger partial charge in [0.15, 0.2) is 11.6 Å². The predicted molar refractivity (Wildman–Crippen MR) is 78.6 cm³/mol. The molecule has 0 aromatic carbocycles. The Hall–Kier alpha value is -1.29. The maximum absolute atomic E-state index is 6.17. The van der Waals surface area contributed by atoms with E-state index in [2.05, 4.69) is 23.7 Å². The molecule has 0 amide bonds. The first-order valence-electron chi connectivity index (χ1n) is 7.34. The first kappa shape index (κ1) is 14.1. The molecule has 106 valence electrons. The molecule has 2 unspecified atom stereocenters. The Bertz CT molecular complexity index is 397. The molecule has 2 N–H and O–H groups in total. The van der Waals surface area contributed by atoms with Gasteiger partial charge in [0.1, 0.15) is 0 Å². The molecule has 1 aromatic heterocycles. The summed E-state index contributed by atoms with van der Waals surface area (Å²) >= 11 is 0. The molecule has 1 saturated heterocycles. The van der Waals surface area contributed by atoms with Crippen LogP contribution < -0.4 is 15.4 Å². The number of nitrogens with two attached hydrogens (primary N) is 1. The fourth-order valence-corrected chi connectivity index (χ4v) is 2.62. The maximum Gasteiger partial charge on any atom is 0.171 e. The van der Waals surface area contributed by atoms with Gasteiger partial charge in [0, 0.05) is 25.3 Å². The summed E-state index contributed by atoms with van der Waals surface area (Å²) in [5.74, 6) is 2.42. The van der Waals surface area contributed by atoms with Crippen molar-refractivity contribution in [2.45, 2.75) is 39.2 Å². The van der Waals surface area contributed by atoms with Crippen molar-refractivity contribution in [1.29, 1.82) is 0 Å². The van der Waals surface area contributed by atoms with Crippen LogP contribution in [0.1, 0.15) is 33.1 Å². The minimum atomic E-state index is 0.324. The van der Waals surface area contributed by atoms with E-state index in [1.165, 1.54) is 0 Å². The van der Waals surface area contributed by atoms with Crippen LogP contribution in [0, 0.1) is 5.92 Å². The Morgan fingerprint density at radius 2 is 2.32 bits per heavy atom. The number of piperidine rings is 1. The van der Waals surface area contributed by atoms with Gasteiger partial charge >= 0.3 is 0 Å². The minimum Gasteiger partial charge on any atom is -0.490 e. The summed E-state index contributed by atoms with van der Waals surface area (Å²) in [5.41, 5.74) is 6.17. The van der Waals surface area contributed by atoms with Crippen LogP contribution in [-0.4, -0.2) is 30.7 Å². The van der Waals surface area contributed by atoms with Crippen LogP contribution >= 0.6 is 0 Å². The zero-order valence-electron chi connectivity index (χ0n) is 12.0. The average molecular weight is 263 g/mol. The second-order valence-corrected chi connectivity index (χ2v) is 5.24. The van der Waals surface area contributed by atoms with Gasteiger partial charge < -0.3 is 15.4 Å². The van der Waals surface area contributed by atoms with Crippen LogP contribution in [0.3, 0.4) is 0 Å². The molecule has 4 nitrogen and oxygen atoms in total. The SMILES string of the molecule is CCCOc1cccnc1N1CCC(N)C(CC)C1. The standard InChI is InChI=1S/C15H25N3O/c1-3-10-19-14-6-5-8-17-15(14)18-9-7-13(16)12(4-2)11-18/h5-6,8,12-13H,3-4,7,9-11,16H2,1-2H3. The predicted octanol–water partition coefficient (Wildman–Crippen LogP) is 2.43. The molecule has 1 aliphatic rings. The third-order valence-electron chi connectivity index (χ3n) is 3.83. The van der Waals surface area contributed by atoms with Gasteiger partial charge in [-0.15, -0.1) is 0 Å². The topological polar surface area (TPSA) is 51.4 Å². The van der Waals surface area contributed by atoms with Gasteiger partial charge in [-0.1, -0.05) is 20.3 Å². The van der Waals surface area contributed by atoms with Crippen molar-refractivity contribution in [3.05, 3.63) is 18.3 Å². The normalized spacial score (nSPS) is 23.4. The van der Waals surface area contributed by atoms with Gasteiger partial charge in [-0.2, -0.15) is 0 Å². The molecule has 0 bridgehead atoms. The molecular weight excluding hydrogens is 238 g/mol. The lowest BCUT2D eigenvalue weighted by Gasteiger charge is -2.37. The molecule has 1 fully saturated rings. The molecular formula is C15H25N3O. The average Bonchev–Trinajstić information content (AvgIpc) is 2.46. The number of nitrogens with zero attached hydrogens (tertiary/aromatic N) is 2. The van der Waals surface area contributed by atoms with E-state index in [9.17, 15) is 0 Å². The summed E-state index contributed by atoms with van der Waals surface area (Å²) < 4.78 is 5.80. The van der Waals surface area contributed by atoms with Crippen molar-refractivity contribution < 1.29 is 4.74 Å². The summed E-state index contributed by atoms with van der Waals surface area (Å²) in [5, 5.41) is 0. The van der Waals surface area contributed by atoms with Gasteiger partial charge in [0.05, 0.1) is 6.61 Å². The second-order valence-electron chi connectivity index (χ2n) is 5.24. The van der Waals surface area contributed by atoms with Gasteiger partial charge in [-0.25, -0.2) is 4.98 Å². The highest BCUT2D eigenvalue weighted by Gasteiger charge is 2.27. The molecule has 2 rings (SSSR count). The highest BCUT2D eigenvalue weighted by molar-refractivity contribution is 5.52. The quantitative estimate of drug-likeness (QED) is 0.886. The van der Waals surface area contributed by atoms with E-state index in [1.807, 2.05) is 18.3 Å². The van der Waals surface area contributed by atoms with E-state index in [0.717, 1.165) is 50.5 Å². The highest BCUT2D eigenvalue weighted by Crippen LogP contribution is 2.30. The lowest BCUT2D eigenvalue weighted by molar-refractivity contribution is 0.310. The van der Waals surface area contributed by atoms with Crippen molar-refractivity contribution in [3.8, 4) is 5.75 Å². The summed E-state index contributed by atoms with van der Waals surface area (Å²) in [6, 6.07) is 4.26. The molecule has 2 atom stereocenters. The van der Waals surface area contributed by atoms with E-state index >= 15 is 0 Å². The Morgan fingerprint density at radius 3 is 3.05 bits per heavy atom. The van der Waals surface area contributed by atoms with Crippen molar-refractivity contribution >= 4 is 5.82 Å². The van der Waals surface area contributed by atoms with Crippen LogP contribution in [0.2, 0.25) is 0 Å². The lowest BCUT2D eigenvalue weighted by Crippen LogP contribution is -2.47. The Labute approximate surface area is 116 Å². The number of ether oxygens (including phenoxy) is 1. The van der Waals surface area contributed by atoms with Crippen LogP contribution in [-0.2, 0) is 0 Å². The van der Waals surface area contributed by atoms with E-state index < -0.39 is 0 Å². The molecule has 0 spiro atoms. The number of anilines is 1. The fraction of sp³-hybridized carbons (Fsp3) is 0.667. The van der Waals surface area contributed by atoms with Crippen LogP contribution in [0.4, 0.5) is 5.82 Å². The summed E-state index contributed by atoms with van der Waals surface area (Å²) in [7, 11) is 0. The number of aromatic nitrogens is 1. The van der Waals surface area contributed by atoms with Crippen molar-refractivity contribution in [2.24, 2.45) is 11.7 Å². The zero-order chi connectivity index (χ0) is 13.7. The largest absolute Gasteiger partial charge is 0.490 e. The number of hydrogen-bond acceptors (Lipinski definition) is 4. The van der Waals surface area contributed by atoms with E-state index in [1.54, 1.807) is 0 Å². The highest BCUT2D eigenvalue weighted by atomic mass is 16.5. The van der Waals surface area contributed by atoms with E-state index in [-0.39, 0.29) is 0 Å². The van der Waals surface area contributed by atoms with Crippen LogP contribution in [0.15, 0.2) is 18.3 Å². The summed E-state index contributed by atoms with van der Waals surface area (Å²) in [4.78, 5) is 6.83. The van der Waals surface area contributed by atoms with Gasteiger partial charge in [-0.3, -0.25) is 0 Å². The third kappa shape index (κ3) is 3.38. The smallest absolute Gasteiger partial charge is 0.171 e. The van der Waals surface area contributed by atoms with Crippen molar-refractivity contribution in [2.75, 3.05) is 24.6 Å². The Balaban J connectivity index is 2.12. The van der Waals surface area contributed by atoms with Gasteiger partial charge in [-0.05, 0) is 30.9 Å². The van der Waals surface area contributed by atoms with E-state index in [0.29, 0.717) is 12.0 Å². The molecule has 1 aliphatic heterocycles. The lowest BCUT2D eigenvalue weighted by atomic mass is 9.91. The summed E-state index contributed by atoms with van der Waals surface area (Å²) in [6.07, 6.45) is 5.00. The van der Waals surface area contributed by atoms with E-state index in [4.69, 9.17) is 10.5 Å². The minimum absolute atomic E-state index is 0.324. The van der Waals surface area contributed by atoms with Crippen molar-refractivity contribution in [1.82, 2.24) is 4.98 Å². The van der Waals surface area contributed by atoms with Crippen LogP contribution in [0.25, 0.3) is 0 Å².